The molecular weight excluding hydrogens is 244 g/mol. The van der Waals surface area contributed by atoms with Crippen molar-refractivity contribution in [2.75, 3.05) is 44.7 Å². The van der Waals surface area contributed by atoms with Crippen LogP contribution in [0.5, 0.6) is 0 Å². The summed E-state index contributed by atoms with van der Waals surface area (Å²) in [6.07, 6.45) is 1.67. The number of carbonyl (C=O) groups is 1. The van der Waals surface area contributed by atoms with Crippen molar-refractivity contribution in [1.29, 1.82) is 5.26 Å². The lowest BCUT2D eigenvalue weighted by atomic mass is 10.2. The lowest BCUT2D eigenvalue weighted by Crippen LogP contribution is -2.47. The Morgan fingerprint density at radius 3 is 2.84 bits per heavy atom. The quantitative estimate of drug-likeness (QED) is 0.582. The van der Waals surface area contributed by atoms with Crippen LogP contribution in [0.1, 0.15) is 10.4 Å². The molecule has 0 unspecified atom stereocenters. The van der Waals surface area contributed by atoms with Gasteiger partial charge in [0.15, 0.2) is 0 Å². The Morgan fingerprint density at radius 1 is 1.47 bits per heavy atom. The number of carbonyl (C=O) groups excluding carboxylic acids is 1. The standard InChI is InChI=1S/C13H16N4O2/c1-19-13(18)11-3-2-5-15-12(11)17-9-7-16(6-4-14)8-10-17/h2-3,5H,6-10H2,1H3. The van der Waals surface area contributed by atoms with Gasteiger partial charge >= 0.3 is 5.97 Å². The van der Waals surface area contributed by atoms with E-state index in [0.717, 1.165) is 26.2 Å². The number of hydrogen-bond acceptors (Lipinski definition) is 6. The van der Waals surface area contributed by atoms with Gasteiger partial charge in [0.25, 0.3) is 0 Å². The van der Waals surface area contributed by atoms with Crippen LogP contribution in [0.15, 0.2) is 18.3 Å². The average Bonchev–Trinajstić information content (AvgIpc) is 2.47. The molecule has 100 valence electrons. The van der Waals surface area contributed by atoms with Crippen molar-refractivity contribution >= 4 is 11.8 Å². The number of nitriles is 1. The minimum Gasteiger partial charge on any atom is -0.465 e. The highest BCUT2D eigenvalue weighted by Gasteiger charge is 2.22. The van der Waals surface area contributed by atoms with Crippen LogP contribution in [0.4, 0.5) is 5.82 Å². The molecule has 19 heavy (non-hydrogen) atoms. The van der Waals surface area contributed by atoms with Crippen LogP contribution in [0.2, 0.25) is 0 Å². The molecule has 0 aromatic carbocycles. The lowest BCUT2D eigenvalue weighted by Gasteiger charge is -2.34. The molecule has 2 rings (SSSR count). The Hall–Kier alpha value is -2.13. The van der Waals surface area contributed by atoms with E-state index in [0.29, 0.717) is 17.9 Å². The van der Waals surface area contributed by atoms with Crippen molar-refractivity contribution in [2.45, 2.75) is 0 Å². The summed E-state index contributed by atoms with van der Waals surface area (Å²) >= 11 is 0. The first-order valence-electron chi connectivity index (χ1n) is 6.14. The first kappa shape index (κ1) is 13.3. The molecule has 6 nitrogen and oxygen atoms in total. The number of methoxy groups -OCH3 is 1. The van der Waals surface area contributed by atoms with E-state index in [1.807, 2.05) is 0 Å². The molecule has 1 aliphatic rings. The van der Waals surface area contributed by atoms with Crippen LogP contribution in [-0.4, -0.2) is 55.7 Å². The van der Waals surface area contributed by atoms with Crippen LogP contribution >= 0.6 is 0 Å². The number of ether oxygens (including phenoxy) is 1. The third-order valence-corrected chi connectivity index (χ3v) is 3.16. The number of piperazine rings is 1. The molecule has 1 aromatic rings. The van der Waals surface area contributed by atoms with Gasteiger partial charge in [-0.05, 0) is 12.1 Å². The third-order valence-electron chi connectivity index (χ3n) is 3.16. The molecule has 1 saturated heterocycles. The SMILES string of the molecule is COC(=O)c1cccnc1N1CCN(CC#N)CC1. The first-order chi connectivity index (χ1) is 9.26. The zero-order chi connectivity index (χ0) is 13.7. The normalized spacial score (nSPS) is 15.9. The molecule has 0 N–H and O–H groups in total. The summed E-state index contributed by atoms with van der Waals surface area (Å²) in [6, 6.07) is 5.59. The summed E-state index contributed by atoms with van der Waals surface area (Å²) in [6.45, 7) is 3.54. The van der Waals surface area contributed by atoms with Gasteiger partial charge < -0.3 is 9.64 Å². The molecule has 0 aliphatic carbocycles. The molecule has 2 heterocycles. The zero-order valence-corrected chi connectivity index (χ0v) is 10.9. The summed E-state index contributed by atoms with van der Waals surface area (Å²) in [5.74, 6) is 0.286. The van der Waals surface area contributed by atoms with E-state index in [1.165, 1.54) is 7.11 Å². The van der Waals surface area contributed by atoms with Crippen molar-refractivity contribution in [1.82, 2.24) is 9.88 Å². The van der Waals surface area contributed by atoms with E-state index in [4.69, 9.17) is 10.00 Å². The van der Waals surface area contributed by atoms with E-state index in [2.05, 4.69) is 20.9 Å². The Kier molecular flexibility index (Phi) is 4.31. The van der Waals surface area contributed by atoms with E-state index < -0.39 is 0 Å². The fourth-order valence-corrected chi connectivity index (χ4v) is 2.14. The van der Waals surface area contributed by atoms with Gasteiger partial charge in [-0.25, -0.2) is 9.78 Å². The topological polar surface area (TPSA) is 69.5 Å². The molecule has 1 aromatic heterocycles. The lowest BCUT2D eigenvalue weighted by molar-refractivity contribution is 0.0601. The highest BCUT2D eigenvalue weighted by atomic mass is 16.5. The van der Waals surface area contributed by atoms with Gasteiger partial charge in [-0.15, -0.1) is 0 Å². The summed E-state index contributed by atoms with van der Waals surface area (Å²) in [5, 5.41) is 8.67. The molecule has 0 bridgehead atoms. The van der Waals surface area contributed by atoms with E-state index in [-0.39, 0.29) is 5.97 Å². The minimum atomic E-state index is -0.373. The van der Waals surface area contributed by atoms with E-state index in [1.54, 1.807) is 18.3 Å². The molecule has 0 radical (unpaired) electrons. The smallest absolute Gasteiger partial charge is 0.341 e. The van der Waals surface area contributed by atoms with Gasteiger partial charge in [-0.2, -0.15) is 5.26 Å². The highest BCUT2D eigenvalue weighted by molar-refractivity contribution is 5.94. The van der Waals surface area contributed by atoms with Gasteiger partial charge in [0.1, 0.15) is 11.4 Å². The second kappa shape index (κ2) is 6.16. The molecule has 6 heteroatoms. The number of pyridine rings is 1. The predicted molar refractivity (Wildman–Crippen MR) is 69.8 cm³/mol. The molecule has 0 saturated carbocycles. The monoisotopic (exact) mass is 260 g/mol. The summed E-state index contributed by atoms with van der Waals surface area (Å²) in [4.78, 5) is 20.1. The van der Waals surface area contributed by atoms with Gasteiger partial charge in [-0.3, -0.25) is 4.90 Å². The van der Waals surface area contributed by atoms with Crippen molar-refractivity contribution in [3.8, 4) is 6.07 Å². The largest absolute Gasteiger partial charge is 0.465 e. The number of hydrogen-bond donors (Lipinski definition) is 0. The van der Waals surface area contributed by atoms with Gasteiger partial charge in [0, 0.05) is 32.4 Å². The van der Waals surface area contributed by atoms with Crippen molar-refractivity contribution in [2.24, 2.45) is 0 Å². The number of anilines is 1. The molecule has 1 aliphatic heterocycles. The molecule has 1 fully saturated rings. The second-order valence-corrected chi connectivity index (χ2v) is 4.29. The number of aromatic nitrogens is 1. The average molecular weight is 260 g/mol. The summed E-state index contributed by atoms with van der Waals surface area (Å²) < 4.78 is 4.77. The molecular formula is C13H16N4O2. The maximum absolute atomic E-state index is 11.7. The van der Waals surface area contributed by atoms with Crippen LogP contribution in [0.3, 0.4) is 0 Å². The summed E-state index contributed by atoms with van der Waals surface area (Å²) in [5.41, 5.74) is 0.485. The third kappa shape index (κ3) is 3.01. The van der Waals surface area contributed by atoms with Crippen LogP contribution < -0.4 is 4.90 Å². The van der Waals surface area contributed by atoms with Crippen molar-refractivity contribution in [3.63, 3.8) is 0 Å². The fraction of sp³-hybridized carbons (Fsp3) is 0.462. The van der Waals surface area contributed by atoms with Crippen LogP contribution in [0, 0.1) is 11.3 Å². The first-order valence-corrected chi connectivity index (χ1v) is 6.14. The summed E-state index contributed by atoms with van der Waals surface area (Å²) in [7, 11) is 1.37. The number of nitrogens with zero attached hydrogens (tertiary/aromatic N) is 4. The van der Waals surface area contributed by atoms with Crippen molar-refractivity contribution < 1.29 is 9.53 Å². The molecule has 0 amide bonds. The minimum absolute atomic E-state index is 0.373. The fourth-order valence-electron chi connectivity index (χ4n) is 2.14. The van der Waals surface area contributed by atoms with E-state index in [9.17, 15) is 4.79 Å². The van der Waals surface area contributed by atoms with E-state index >= 15 is 0 Å². The predicted octanol–water partition coefficient (Wildman–Crippen LogP) is 0.514. The Balaban J connectivity index is 2.11. The van der Waals surface area contributed by atoms with Gasteiger partial charge in [0.05, 0.1) is 19.7 Å². The Labute approximate surface area is 112 Å². The Morgan fingerprint density at radius 2 is 2.21 bits per heavy atom. The Bertz CT molecular complexity index is 490. The zero-order valence-electron chi connectivity index (χ0n) is 10.9. The van der Waals surface area contributed by atoms with Crippen molar-refractivity contribution in [3.05, 3.63) is 23.9 Å². The maximum atomic E-state index is 11.7. The highest BCUT2D eigenvalue weighted by Crippen LogP contribution is 2.19. The van der Waals surface area contributed by atoms with Gasteiger partial charge in [-0.1, -0.05) is 0 Å². The number of esters is 1. The number of rotatable bonds is 3. The molecule has 0 atom stereocenters. The second-order valence-electron chi connectivity index (χ2n) is 4.29. The van der Waals surface area contributed by atoms with Crippen LogP contribution in [-0.2, 0) is 4.74 Å². The van der Waals surface area contributed by atoms with Gasteiger partial charge in [0.2, 0.25) is 0 Å². The maximum Gasteiger partial charge on any atom is 0.341 e. The molecule has 0 spiro atoms. The van der Waals surface area contributed by atoms with Crippen LogP contribution in [0.25, 0.3) is 0 Å².